The molecule has 3 nitrogen and oxygen atoms in total. The van der Waals surface area contributed by atoms with Crippen LogP contribution in [0.1, 0.15) is 0 Å². The van der Waals surface area contributed by atoms with Crippen LogP contribution in [0.15, 0.2) is 18.2 Å². The lowest BCUT2D eigenvalue weighted by molar-refractivity contribution is 0.145. The van der Waals surface area contributed by atoms with Gasteiger partial charge in [0.15, 0.2) is 0 Å². The van der Waals surface area contributed by atoms with Crippen molar-refractivity contribution in [3.8, 4) is 0 Å². The molecule has 0 spiro atoms. The molecule has 0 fully saturated rings. The summed E-state index contributed by atoms with van der Waals surface area (Å²) in [6, 6.07) is 5.46. The average molecular weight is 235 g/mol. The van der Waals surface area contributed by atoms with Gasteiger partial charge in [-0.3, -0.25) is 0 Å². The normalized spacial score (nSPS) is 10.3. The first-order chi connectivity index (χ1) is 6.65. The minimum Gasteiger partial charge on any atom is -0.372 e. The van der Waals surface area contributed by atoms with E-state index in [0.29, 0.717) is 23.2 Å². The molecule has 5 heteroatoms. The smallest absolute Gasteiger partial charge is 0.0854 e. The molecule has 0 atom stereocenters. The van der Waals surface area contributed by atoms with Gasteiger partial charge in [-0.25, -0.2) is 5.90 Å². The number of halogens is 2. The second-order valence-corrected chi connectivity index (χ2v) is 3.71. The zero-order chi connectivity index (χ0) is 10.6. The fourth-order valence-electron chi connectivity index (χ4n) is 1.04. The summed E-state index contributed by atoms with van der Waals surface area (Å²) in [6.07, 6.45) is 0. The average Bonchev–Trinajstić information content (AvgIpc) is 2.18. The summed E-state index contributed by atoms with van der Waals surface area (Å²) in [7, 11) is 1.93. The standard InChI is InChI=1S/C9H12Cl2N2O/c1-13(4-5-14-12)7-2-3-8(10)9(11)6-7/h2-3,6H,4-5,12H2,1H3. The molecule has 0 heterocycles. The van der Waals surface area contributed by atoms with E-state index in [1.54, 1.807) is 12.1 Å². The Kier molecular flexibility index (Phi) is 4.48. The SMILES string of the molecule is CN(CCON)c1ccc(Cl)c(Cl)c1. The molecule has 0 radical (unpaired) electrons. The van der Waals surface area contributed by atoms with Gasteiger partial charge in [-0.15, -0.1) is 0 Å². The summed E-state index contributed by atoms with van der Waals surface area (Å²) in [5, 5.41) is 1.10. The maximum Gasteiger partial charge on any atom is 0.0854 e. The van der Waals surface area contributed by atoms with Crippen LogP contribution >= 0.6 is 23.2 Å². The van der Waals surface area contributed by atoms with Gasteiger partial charge in [-0.1, -0.05) is 23.2 Å². The first-order valence-electron chi connectivity index (χ1n) is 4.13. The molecule has 0 aromatic heterocycles. The van der Waals surface area contributed by atoms with Crippen LogP contribution in [0.25, 0.3) is 0 Å². The van der Waals surface area contributed by atoms with Gasteiger partial charge in [0.2, 0.25) is 0 Å². The third kappa shape index (κ3) is 3.03. The number of rotatable bonds is 4. The van der Waals surface area contributed by atoms with E-state index in [-0.39, 0.29) is 0 Å². The van der Waals surface area contributed by atoms with Gasteiger partial charge >= 0.3 is 0 Å². The Morgan fingerprint density at radius 3 is 2.64 bits per heavy atom. The van der Waals surface area contributed by atoms with Gasteiger partial charge < -0.3 is 9.74 Å². The largest absolute Gasteiger partial charge is 0.372 e. The number of hydrogen-bond donors (Lipinski definition) is 1. The number of anilines is 1. The van der Waals surface area contributed by atoms with Gasteiger partial charge in [0.25, 0.3) is 0 Å². The Hall–Kier alpha value is -0.480. The highest BCUT2D eigenvalue weighted by molar-refractivity contribution is 6.42. The molecule has 78 valence electrons. The molecule has 0 aliphatic carbocycles. The molecule has 0 aliphatic rings. The van der Waals surface area contributed by atoms with E-state index in [4.69, 9.17) is 29.1 Å². The maximum atomic E-state index is 5.88. The molecule has 0 amide bonds. The van der Waals surface area contributed by atoms with Crippen molar-refractivity contribution in [1.29, 1.82) is 0 Å². The second-order valence-electron chi connectivity index (χ2n) is 2.89. The molecule has 0 saturated carbocycles. The Balaban J connectivity index is 2.70. The van der Waals surface area contributed by atoms with Crippen molar-refractivity contribution in [3.63, 3.8) is 0 Å². The van der Waals surface area contributed by atoms with Crippen LogP contribution in [-0.4, -0.2) is 20.2 Å². The summed E-state index contributed by atoms with van der Waals surface area (Å²) in [5.41, 5.74) is 0.983. The quantitative estimate of drug-likeness (QED) is 0.814. The molecule has 0 aliphatic heterocycles. The Bertz CT molecular complexity index is 307. The summed E-state index contributed by atoms with van der Waals surface area (Å²) >= 11 is 11.7. The predicted octanol–water partition coefficient (Wildman–Crippen LogP) is 2.32. The first kappa shape index (κ1) is 11.6. The summed E-state index contributed by atoms with van der Waals surface area (Å²) in [5.74, 6) is 4.94. The van der Waals surface area contributed by atoms with E-state index in [9.17, 15) is 0 Å². The summed E-state index contributed by atoms with van der Waals surface area (Å²) in [4.78, 5) is 6.47. The van der Waals surface area contributed by atoms with Crippen molar-refractivity contribution in [2.45, 2.75) is 0 Å². The van der Waals surface area contributed by atoms with E-state index in [2.05, 4.69) is 4.84 Å². The third-order valence-corrected chi connectivity index (χ3v) is 2.63. The monoisotopic (exact) mass is 234 g/mol. The molecule has 0 bridgehead atoms. The summed E-state index contributed by atoms with van der Waals surface area (Å²) in [6.45, 7) is 1.17. The number of nitrogens with zero attached hydrogens (tertiary/aromatic N) is 1. The van der Waals surface area contributed by atoms with Crippen LogP contribution in [0.3, 0.4) is 0 Å². The molecule has 0 saturated heterocycles. The van der Waals surface area contributed by atoms with Crippen molar-refractivity contribution in [2.75, 3.05) is 25.1 Å². The van der Waals surface area contributed by atoms with E-state index in [0.717, 1.165) is 5.69 Å². The van der Waals surface area contributed by atoms with Gasteiger partial charge in [0.1, 0.15) is 0 Å². The van der Waals surface area contributed by atoms with E-state index in [1.807, 2.05) is 18.0 Å². The summed E-state index contributed by atoms with van der Waals surface area (Å²) < 4.78 is 0. The van der Waals surface area contributed by atoms with E-state index < -0.39 is 0 Å². The maximum absolute atomic E-state index is 5.88. The van der Waals surface area contributed by atoms with Gasteiger partial charge in [-0.2, -0.15) is 0 Å². The van der Waals surface area contributed by atoms with Crippen molar-refractivity contribution in [2.24, 2.45) is 5.90 Å². The fourth-order valence-corrected chi connectivity index (χ4v) is 1.33. The van der Waals surface area contributed by atoms with Crippen molar-refractivity contribution in [1.82, 2.24) is 0 Å². The molecular weight excluding hydrogens is 223 g/mol. The van der Waals surface area contributed by atoms with Crippen LogP contribution < -0.4 is 10.8 Å². The van der Waals surface area contributed by atoms with Crippen LogP contribution in [0.2, 0.25) is 10.0 Å². The minimum atomic E-state index is 0.469. The van der Waals surface area contributed by atoms with Gasteiger partial charge in [0, 0.05) is 19.3 Å². The number of nitrogens with two attached hydrogens (primary N) is 1. The molecule has 1 aromatic rings. The van der Waals surface area contributed by atoms with E-state index in [1.165, 1.54) is 0 Å². The van der Waals surface area contributed by atoms with Crippen LogP contribution in [0.4, 0.5) is 5.69 Å². The zero-order valence-electron chi connectivity index (χ0n) is 7.84. The van der Waals surface area contributed by atoms with Crippen molar-refractivity contribution in [3.05, 3.63) is 28.2 Å². The Morgan fingerprint density at radius 1 is 1.36 bits per heavy atom. The van der Waals surface area contributed by atoms with Crippen LogP contribution in [-0.2, 0) is 4.84 Å². The molecule has 2 N–H and O–H groups in total. The molecular formula is C9H12Cl2N2O. The van der Waals surface area contributed by atoms with Crippen LogP contribution in [0, 0.1) is 0 Å². The predicted molar refractivity (Wildman–Crippen MR) is 59.9 cm³/mol. The highest BCUT2D eigenvalue weighted by Gasteiger charge is 2.03. The number of benzene rings is 1. The van der Waals surface area contributed by atoms with Crippen LogP contribution in [0.5, 0.6) is 0 Å². The van der Waals surface area contributed by atoms with Crippen molar-refractivity contribution < 1.29 is 4.84 Å². The molecule has 0 unspecified atom stereocenters. The molecule has 1 aromatic carbocycles. The zero-order valence-corrected chi connectivity index (χ0v) is 9.35. The Labute approximate surface area is 93.3 Å². The number of hydrogen-bond acceptors (Lipinski definition) is 3. The molecule has 14 heavy (non-hydrogen) atoms. The Morgan fingerprint density at radius 2 is 2.07 bits per heavy atom. The lowest BCUT2D eigenvalue weighted by Crippen LogP contribution is -2.23. The highest BCUT2D eigenvalue weighted by Crippen LogP contribution is 2.26. The molecule has 1 rings (SSSR count). The minimum absolute atomic E-state index is 0.469. The fraction of sp³-hybridized carbons (Fsp3) is 0.333. The second kappa shape index (κ2) is 5.41. The first-order valence-corrected chi connectivity index (χ1v) is 4.88. The topological polar surface area (TPSA) is 38.5 Å². The van der Waals surface area contributed by atoms with Gasteiger partial charge in [0.05, 0.1) is 16.7 Å². The third-order valence-electron chi connectivity index (χ3n) is 1.89. The van der Waals surface area contributed by atoms with Gasteiger partial charge in [-0.05, 0) is 18.2 Å². The highest BCUT2D eigenvalue weighted by atomic mass is 35.5. The lowest BCUT2D eigenvalue weighted by Gasteiger charge is -2.18. The van der Waals surface area contributed by atoms with Crippen molar-refractivity contribution >= 4 is 28.9 Å². The number of likely N-dealkylation sites (N-methyl/N-ethyl adjacent to an activating group) is 1. The van der Waals surface area contributed by atoms with E-state index >= 15 is 0 Å². The lowest BCUT2D eigenvalue weighted by atomic mass is 10.3.